The fourth-order valence-electron chi connectivity index (χ4n) is 3.59. The lowest BCUT2D eigenvalue weighted by molar-refractivity contribution is -0.119. The van der Waals surface area contributed by atoms with Crippen LogP contribution in [0, 0.1) is 5.92 Å². The van der Waals surface area contributed by atoms with Crippen LogP contribution in [-0.4, -0.2) is 22.8 Å². The Hall–Kier alpha value is -2.76. The van der Waals surface area contributed by atoms with Crippen molar-refractivity contribution in [1.29, 1.82) is 0 Å². The van der Waals surface area contributed by atoms with Crippen LogP contribution in [0.2, 0.25) is 0 Å². The molecule has 0 aliphatic heterocycles. The first-order chi connectivity index (χ1) is 14.9. The van der Waals surface area contributed by atoms with Gasteiger partial charge in [0.25, 0.3) is 0 Å². The molecule has 6 heteroatoms. The van der Waals surface area contributed by atoms with Crippen molar-refractivity contribution in [2.75, 3.05) is 12.4 Å². The topological polar surface area (TPSA) is 82.2 Å². The number of nitrogens with two attached hydrogens (primary N) is 1. The van der Waals surface area contributed by atoms with E-state index in [0.29, 0.717) is 11.4 Å². The molecule has 0 bridgehead atoms. The Morgan fingerprint density at radius 1 is 1.26 bits per heavy atom. The van der Waals surface area contributed by atoms with Gasteiger partial charge in [-0.1, -0.05) is 53.2 Å². The van der Waals surface area contributed by atoms with Crippen LogP contribution in [0.1, 0.15) is 71.6 Å². The van der Waals surface area contributed by atoms with Crippen molar-refractivity contribution >= 4 is 17.3 Å². The molecule has 0 saturated carbocycles. The number of carbonyl (C=O) groups excluding carboxylic acids is 1. The number of hydrogen-bond donors (Lipinski definition) is 2. The number of benzene rings is 1. The van der Waals surface area contributed by atoms with E-state index in [1.165, 1.54) is 5.69 Å². The fourth-order valence-corrected chi connectivity index (χ4v) is 3.59. The van der Waals surface area contributed by atoms with Gasteiger partial charge < -0.3 is 15.8 Å². The van der Waals surface area contributed by atoms with Gasteiger partial charge in [-0.2, -0.15) is 5.10 Å². The maximum absolute atomic E-state index is 12.4. The highest BCUT2D eigenvalue weighted by Crippen LogP contribution is 2.35. The normalized spacial score (nSPS) is 12.6. The monoisotopic (exact) mass is 426 g/mol. The molecule has 1 unspecified atom stereocenters. The Balaban J connectivity index is 2.59. The van der Waals surface area contributed by atoms with Crippen LogP contribution in [0.25, 0.3) is 17.0 Å². The highest BCUT2D eigenvalue weighted by atomic mass is 16.5. The largest absolute Gasteiger partial charge is 0.495 e. The van der Waals surface area contributed by atoms with Crippen LogP contribution < -0.4 is 15.8 Å². The Bertz CT molecular complexity index is 914. The van der Waals surface area contributed by atoms with E-state index in [0.717, 1.165) is 61.2 Å². The van der Waals surface area contributed by atoms with Gasteiger partial charge in [0.2, 0.25) is 5.91 Å². The van der Waals surface area contributed by atoms with E-state index in [4.69, 9.17) is 15.6 Å². The summed E-state index contributed by atoms with van der Waals surface area (Å²) < 4.78 is 7.70. The Morgan fingerprint density at radius 3 is 2.58 bits per heavy atom. The second-order valence-electron chi connectivity index (χ2n) is 7.92. The van der Waals surface area contributed by atoms with E-state index in [-0.39, 0.29) is 11.8 Å². The first-order valence-corrected chi connectivity index (χ1v) is 11.5. The molecule has 170 valence electrons. The van der Waals surface area contributed by atoms with E-state index in [2.05, 4.69) is 30.8 Å². The minimum absolute atomic E-state index is 0.0122. The molecular weight excluding hydrogens is 388 g/mol. The lowest BCUT2D eigenvalue weighted by Crippen LogP contribution is -2.20. The molecule has 1 aromatic carbocycles. The number of allylic oxidation sites excluding steroid dienone is 1. The van der Waals surface area contributed by atoms with Gasteiger partial charge in [0.05, 0.1) is 12.8 Å². The summed E-state index contributed by atoms with van der Waals surface area (Å²) >= 11 is 0. The van der Waals surface area contributed by atoms with Crippen LogP contribution >= 0.6 is 0 Å². The Labute approximate surface area is 186 Å². The smallest absolute Gasteiger partial charge is 0.227 e. The SMILES string of the molecule is CC/C=C(/N)c1c(-c2ccc(NC(=O)C(C)CC)c(OC)c2)nn(CCC)c1CCC. The van der Waals surface area contributed by atoms with Gasteiger partial charge in [-0.15, -0.1) is 0 Å². The molecule has 1 atom stereocenters. The highest BCUT2D eigenvalue weighted by molar-refractivity contribution is 5.94. The third-order valence-electron chi connectivity index (χ3n) is 5.49. The molecule has 0 spiro atoms. The van der Waals surface area contributed by atoms with Gasteiger partial charge in [0.15, 0.2) is 0 Å². The summed E-state index contributed by atoms with van der Waals surface area (Å²) in [6.45, 7) is 11.2. The lowest BCUT2D eigenvalue weighted by atomic mass is 10.00. The number of hydrogen-bond acceptors (Lipinski definition) is 4. The molecule has 1 heterocycles. The summed E-state index contributed by atoms with van der Waals surface area (Å²) in [6.07, 6.45) is 6.63. The van der Waals surface area contributed by atoms with Crippen molar-refractivity contribution in [3.05, 3.63) is 35.5 Å². The van der Waals surface area contributed by atoms with E-state index in [1.807, 2.05) is 38.1 Å². The summed E-state index contributed by atoms with van der Waals surface area (Å²) in [6, 6.07) is 5.80. The molecule has 0 fully saturated rings. The number of aromatic nitrogens is 2. The molecule has 0 saturated heterocycles. The standard InChI is InChI=1S/C25H38N4O2/c1-7-11-19(26)23-21(12-8-2)29(15-9-3)28-24(23)18-13-14-20(22(16-18)31-6)27-25(30)17(5)10-4/h11,13-14,16-17H,7-10,12,15,26H2,1-6H3,(H,27,30)/b19-11+. The number of ether oxygens (including phenoxy) is 1. The van der Waals surface area contributed by atoms with Crippen LogP contribution in [0.15, 0.2) is 24.3 Å². The third-order valence-corrected chi connectivity index (χ3v) is 5.49. The van der Waals surface area contributed by atoms with E-state index >= 15 is 0 Å². The van der Waals surface area contributed by atoms with Crippen molar-refractivity contribution in [2.45, 2.75) is 73.3 Å². The van der Waals surface area contributed by atoms with E-state index < -0.39 is 0 Å². The summed E-state index contributed by atoms with van der Waals surface area (Å²) in [4.78, 5) is 12.4. The maximum atomic E-state index is 12.4. The fraction of sp³-hybridized carbons (Fsp3) is 0.520. The Morgan fingerprint density at radius 2 is 2.00 bits per heavy atom. The number of nitrogens with one attached hydrogen (secondary N) is 1. The van der Waals surface area contributed by atoms with Crippen molar-refractivity contribution < 1.29 is 9.53 Å². The van der Waals surface area contributed by atoms with Gasteiger partial charge in [0.1, 0.15) is 11.4 Å². The number of methoxy groups -OCH3 is 1. The average molecular weight is 427 g/mol. The predicted octanol–water partition coefficient (Wildman–Crippen LogP) is 5.62. The number of rotatable bonds is 11. The second kappa shape index (κ2) is 11.6. The van der Waals surface area contributed by atoms with Crippen molar-refractivity contribution in [2.24, 2.45) is 11.7 Å². The van der Waals surface area contributed by atoms with Crippen LogP contribution in [0.5, 0.6) is 5.75 Å². The van der Waals surface area contributed by atoms with Crippen LogP contribution in [0.4, 0.5) is 5.69 Å². The zero-order valence-corrected chi connectivity index (χ0v) is 19.9. The molecule has 2 aromatic rings. The van der Waals surface area contributed by atoms with Crippen molar-refractivity contribution in [3.63, 3.8) is 0 Å². The van der Waals surface area contributed by atoms with Gasteiger partial charge in [-0.25, -0.2) is 0 Å². The van der Waals surface area contributed by atoms with Crippen LogP contribution in [-0.2, 0) is 17.8 Å². The molecule has 0 aliphatic rings. The molecular formula is C25H38N4O2. The van der Waals surface area contributed by atoms with Gasteiger partial charge >= 0.3 is 0 Å². The maximum Gasteiger partial charge on any atom is 0.227 e. The Kier molecular flexibility index (Phi) is 9.16. The molecule has 6 nitrogen and oxygen atoms in total. The number of anilines is 1. The minimum Gasteiger partial charge on any atom is -0.495 e. The second-order valence-corrected chi connectivity index (χ2v) is 7.92. The predicted molar refractivity (Wildman–Crippen MR) is 129 cm³/mol. The zero-order chi connectivity index (χ0) is 23.0. The molecule has 3 N–H and O–H groups in total. The van der Waals surface area contributed by atoms with Crippen molar-refractivity contribution in [3.8, 4) is 17.0 Å². The average Bonchev–Trinajstić information content (AvgIpc) is 3.12. The number of nitrogens with zero attached hydrogens (tertiary/aromatic N) is 2. The number of carbonyl (C=O) groups is 1. The van der Waals surface area contributed by atoms with Gasteiger partial charge in [-0.05, 0) is 37.8 Å². The van der Waals surface area contributed by atoms with Crippen LogP contribution in [0.3, 0.4) is 0 Å². The summed E-state index contributed by atoms with van der Waals surface area (Å²) in [5.74, 6) is 0.540. The lowest BCUT2D eigenvalue weighted by Gasteiger charge is -2.14. The summed E-state index contributed by atoms with van der Waals surface area (Å²) in [5.41, 5.74) is 11.9. The molecule has 31 heavy (non-hydrogen) atoms. The molecule has 0 radical (unpaired) electrons. The molecule has 0 aliphatic carbocycles. The van der Waals surface area contributed by atoms with Gasteiger partial charge in [-0.3, -0.25) is 9.48 Å². The van der Waals surface area contributed by atoms with E-state index in [9.17, 15) is 4.79 Å². The molecule has 2 rings (SSSR count). The number of amides is 1. The number of aryl methyl sites for hydroxylation is 1. The van der Waals surface area contributed by atoms with E-state index in [1.54, 1.807) is 7.11 Å². The minimum atomic E-state index is -0.0590. The first kappa shape index (κ1) is 24.5. The summed E-state index contributed by atoms with van der Waals surface area (Å²) in [5, 5.41) is 7.93. The van der Waals surface area contributed by atoms with Gasteiger partial charge in [0, 0.05) is 35.0 Å². The first-order valence-electron chi connectivity index (χ1n) is 11.5. The third kappa shape index (κ3) is 5.69. The molecule has 1 amide bonds. The van der Waals surface area contributed by atoms with Crippen molar-refractivity contribution in [1.82, 2.24) is 9.78 Å². The zero-order valence-electron chi connectivity index (χ0n) is 19.9. The quantitative estimate of drug-likeness (QED) is 0.489. The highest BCUT2D eigenvalue weighted by Gasteiger charge is 2.22. The summed E-state index contributed by atoms with van der Waals surface area (Å²) in [7, 11) is 1.61. The molecule has 1 aromatic heterocycles.